The Hall–Kier alpha value is -2.63. The molecular weight excluding hydrogens is 286 g/mol. The van der Waals surface area contributed by atoms with Gasteiger partial charge in [-0.3, -0.25) is 9.59 Å². The van der Waals surface area contributed by atoms with E-state index in [1.165, 1.54) is 0 Å². The van der Waals surface area contributed by atoms with Gasteiger partial charge in [-0.05, 0) is 37.1 Å². The number of nitrogens with one attached hydrogen (secondary N) is 1. The average Bonchev–Trinajstić information content (AvgIpc) is 2.82. The molecular formula is C16H17NO5. The van der Waals surface area contributed by atoms with Crippen LogP contribution in [0.25, 0.3) is 0 Å². The van der Waals surface area contributed by atoms with Gasteiger partial charge in [0.25, 0.3) is 0 Å². The van der Waals surface area contributed by atoms with E-state index >= 15 is 0 Å². The van der Waals surface area contributed by atoms with Crippen LogP contribution in [-0.4, -0.2) is 24.5 Å². The van der Waals surface area contributed by atoms with Crippen molar-refractivity contribution >= 4 is 23.5 Å². The summed E-state index contributed by atoms with van der Waals surface area (Å²) in [6.45, 7) is 5.17. The lowest BCUT2D eigenvalue weighted by molar-refractivity contribution is -0.141. The monoisotopic (exact) mass is 303 g/mol. The van der Waals surface area contributed by atoms with E-state index in [0.29, 0.717) is 17.7 Å². The highest BCUT2D eigenvalue weighted by molar-refractivity contribution is 5.99. The van der Waals surface area contributed by atoms with E-state index in [1.807, 2.05) is 0 Å². The van der Waals surface area contributed by atoms with Gasteiger partial charge in [-0.15, -0.1) is 0 Å². The second-order valence-electron chi connectivity index (χ2n) is 5.04. The molecule has 0 unspecified atom stereocenters. The van der Waals surface area contributed by atoms with Crippen molar-refractivity contribution in [3.05, 3.63) is 35.9 Å². The number of benzene rings is 1. The van der Waals surface area contributed by atoms with Crippen LogP contribution in [0, 0.1) is 0 Å². The molecule has 1 aromatic carbocycles. The van der Waals surface area contributed by atoms with Crippen LogP contribution >= 0.6 is 0 Å². The fourth-order valence-corrected chi connectivity index (χ4v) is 1.96. The van der Waals surface area contributed by atoms with Crippen molar-refractivity contribution in [2.24, 2.45) is 0 Å². The lowest BCUT2D eigenvalue weighted by Gasteiger charge is -2.07. The predicted molar refractivity (Wildman–Crippen MR) is 79.4 cm³/mol. The quantitative estimate of drug-likeness (QED) is 0.376. The van der Waals surface area contributed by atoms with Gasteiger partial charge in [0.05, 0.1) is 13.0 Å². The van der Waals surface area contributed by atoms with E-state index in [-0.39, 0.29) is 25.4 Å². The number of anilines is 1. The Morgan fingerprint density at radius 1 is 1.36 bits per heavy atom. The van der Waals surface area contributed by atoms with Crippen molar-refractivity contribution in [1.29, 1.82) is 0 Å². The molecule has 0 saturated heterocycles. The summed E-state index contributed by atoms with van der Waals surface area (Å²) in [6, 6.07) is 5.01. The van der Waals surface area contributed by atoms with Crippen LogP contribution in [0.3, 0.4) is 0 Å². The normalized spacial score (nSPS) is 12.3. The third-order valence-electron chi connectivity index (χ3n) is 3.04. The van der Waals surface area contributed by atoms with Crippen molar-refractivity contribution in [1.82, 2.24) is 0 Å². The minimum Gasteiger partial charge on any atom is -0.462 e. The second kappa shape index (κ2) is 6.89. The van der Waals surface area contributed by atoms with Gasteiger partial charge in [-0.1, -0.05) is 6.58 Å². The average molecular weight is 303 g/mol. The molecule has 1 amide bonds. The molecule has 0 atom stereocenters. The smallest absolute Gasteiger partial charge is 0.333 e. The number of hydrogen-bond donors (Lipinski definition) is 1. The van der Waals surface area contributed by atoms with E-state index < -0.39 is 11.9 Å². The van der Waals surface area contributed by atoms with Gasteiger partial charge >= 0.3 is 11.9 Å². The van der Waals surface area contributed by atoms with Crippen LogP contribution in [0.4, 0.5) is 5.69 Å². The molecule has 0 radical (unpaired) electrons. The van der Waals surface area contributed by atoms with Crippen LogP contribution in [0.2, 0.25) is 0 Å². The lowest BCUT2D eigenvalue weighted by Crippen LogP contribution is -2.11. The summed E-state index contributed by atoms with van der Waals surface area (Å²) in [4.78, 5) is 34.1. The highest BCUT2D eigenvalue weighted by atomic mass is 16.5. The number of hydrogen-bond acceptors (Lipinski definition) is 5. The standard InChI is InChI=1S/C16H17NO5/c1-10(2)16(20)21-7-3-4-15(19)22-12-5-6-13-11(8-12)9-14(18)17-13/h5-6,8H,1,3-4,7,9H2,2H3,(H,17,18). The van der Waals surface area contributed by atoms with E-state index in [4.69, 9.17) is 9.47 Å². The van der Waals surface area contributed by atoms with Crippen LogP contribution in [0.5, 0.6) is 5.75 Å². The zero-order chi connectivity index (χ0) is 16.1. The zero-order valence-electron chi connectivity index (χ0n) is 12.3. The summed E-state index contributed by atoms with van der Waals surface area (Å²) >= 11 is 0. The number of esters is 2. The maximum Gasteiger partial charge on any atom is 0.333 e. The van der Waals surface area contributed by atoms with Crippen LogP contribution < -0.4 is 10.1 Å². The highest BCUT2D eigenvalue weighted by Gasteiger charge is 2.18. The van der Waals surface area contributed by atoms with Crippen molar-refractivity contribution < 1.29 is 23.9 Å². The largest absolute Gasteiger partial charge is 0.462 e. The summed E-state index contributed by atoms with van der Waals surface area (Å²) in [5.74, 6) is -0.551. The first kappa shape index (κ1) is 15.8. The summed E-state index contributed by atoms with van der Waals surface area (Å²) in [7, 11) is 0. The highest BCUT2D eigenvalue weighted by Crippen LogP contribution is 2.27. The first-order valence-corrected chi connectivity index (χ1v) is 6.92. The zero-order valence-corrected chi connectivity index (χ0v) is 12.3. The summed E-state index contributed by atoms with van der Waals surface area (Å²) in [5.41, 5.74) is 1.88. The number of fused-ring (bicyclic) bond motifs is 1. The Morgan fingerprint density at radius 3 is 2.86 bits per heavy atom. The molecule has 0 fully saturated rings. The van der Waals surface area contributed by atoms with Crippen molar-refractivity contribution in [3.8, 4) is 5.75 Å². The molecule has 0 aliphatic carbocycles. The molecule has 0 saturated carbocycles. The predicted octanol–water partition coefficient (Wildman–Crippen LogP) is 1.99. The first-order valence-electron chi connectivity index (χ1n) is 6.92. The summed E-state index contributed by atoms with van der Waals surface area (Å²) in [5, 5.41) is 2.70. The fraction of sp³-hybridized carbons (Fsp3) is 0.312. The third-order valence-corrected chi connectivity index (χ3v) is 3.04. The Balaban J connectivity index is 1.76. The molecule has 0 bridgehead atoms. The topological polar surface area (TPSA) is 81.7 Å². The van der Waals surface area contributed by atoms with Crippen LogP contribution in [-0.2, 0) is 25.5 Å². The number of amides is 1. The molecule has 22 heavy (non-hydrogen) atoms. The molecule has 1 aliphatic heterocycles. The molecule has 6 nitrogen and oxygen atoms in total. The summed E-state index contributed by atoms with van der Waals surface area (Å²) in [6.07, 6.45) is 0.804. The molecule has 0 aromatic heterocycles. The van der Waals surface area contributed by atoms with Gasteiger partial charge in [0.15, 0.2) is 0 Å². The van der Waals surface area contributed by atoms with Crippen molar-refractivity contribution in [2.75, 3.05) is 11.9 Å². The Morgan fingerprint density at radius 2 is 2.14 bits per heavy atom. The molecule has 1 heterocycles. The third kappa shape index (κ3) is 4.18. The van der Waals surface area contributed by atoms with Gasteiger partial charge in [-0.25, -0.2) is 4.79 Å². The number of carbonyl (C=O) groups is 3. The van der Waals surface area contributed by atoms with Gasteiger partial charge in [-0.2, -0.15) is 0 Å². The molecule has 1 aromatic rings. The van der Waals surface area contributed by atoms with E-state index in [2.05, 4.69) is 11.9 Å². The van der Waals surface area contributed by atoms with Crippen molar-refractivity contribution in [3.63, 3.8) is 0 Å². The van der Waals surface area contributed by atoms with Gasteiger partial charge in [0.1, 0.15) is 5.75 Å². The van der Waals surface area contributed by atoms with E-state index in [9.17, 15) is 14.4 Å². The van der Waals surface area contributed by atoms with Crippen molar-refractivity contribution in [2.45, 2.75) is 26.2 Å². The maximum atomic E-state index is 11.7. The number of rotatable bonds is 6. The summed E-state index contributed by atoms with van der Waals surface area (Å²) < 4.78 is 10.1. The Kier molecular flexibility index (Phi) is 4.93. The molecule has 1 N–H and O–H groups in total. The minimum atomic E-state index is -0.468. The van der Waals surface area contributed by atoms with Gasteiger partial charge in [0.2, 0.25) is 5.91 Å². The second-order valence-corrected chi connectivity index (χ2v) is 5.04. The molecule has 116 valence electrons. The van der Waals surface area contributed by atoms with Crippen LogP contribution in [0.15, 0.2) is 30.4 Å². The molecule has 1 aliphatic rings. The Labute approximate surface area is 128 Å². The van der Waals surface area contributed by atoms with Crippen LogP contribution in [0.1, 0.15) is 25.3 Å². The minimum absolute atomic E-state index is 0.0715. The number of carbonyl (C=O) groups excluding carboxylic acids is 3. The molecule has 6 heteroatoms. The fourth-order valence-electron chi connectivity index (χ4n) is 1.96. The first-order chi connectivity index (χ1) is 10.5. The molecule has 0 spiro atoms. The Bertz CT molecular complexity index is 635. The van der Waals surface area contributed by atoms with Gasteiger partial charge < -0.3 is 14.8 Å². The molecule has 2 rings (SSSR count). The SMILES string of the molecule is C=C(C)C(=O)OCCCC(=O)Oc1ccc2c(c1)CC(=O)N2. The maximum absolute atomic E-state index is 11.7. The van der Waals surface area contributed by atoms with Gasteiger partial charge in [0, 0.05) is 17.7 Å². The lowest BCUT2D eigenvalue weighted by atomic mass is 10.1. The van der Waals surface area contributed by atoms with E-state index in [0.717, 1.165) is 11.3 Å². The number of ether oxygens (including phenoxy) is 2. The van der Waals surface area contributed by atoms with E-state index in [1.54, 1.807) is 25.1 Å².